The first-order valence-corrected chi connectivity index (χ1v) is 8.12. The summed E-state index contributed by atoms with van der Waals surface area (Å²) in [5, 5.41) is 2.63. The average Bonchev–Trinajstić information content (AvgIpc) is 2.46. The van der Waals surface area contributed by atoms with E-state index in [0.717, 1.165) is 19.4 Å². The summed E-state index contributed by atoms with van der Waals surface area (Å²) in [5.74, 6) is 0. The van der Waals surface area contributed by atoms with E-state index in [2.05, 4.69) is 20.0 Å². The molecule has 1 fully saturated rings. The molecule has 1 aliphatic rings. The topological polar surface area (TPSA) is 84.0 Å². The number of hydrogen-bond donors (Lipinski definition) is 2. The van der Waals surface area contributed by atoms with Gasteiger partial charge in [0.2, 0.25) is 10.0 Å². The molecular weight excluding hydrogens is 264 g/mol. The van der Waals surface area contributed by atoms with Crippen molar-refractivity contribution in [2.75, 3.05) is 13.1 Å². The van der Waals surface area contributed by atoms with Crippen LogP contribution in [-0.2, 0) is 10.0 Å². The molecule has 1 aliphatic heterocycles. The SMILES string of the molecule is C[C@H](c1cnccn1)S(=O)(=O)NC[C@H]1CCCCN1. The maximum atomic E-state index is 12.2. The van der Waals surface area contributed by atoms with Gasteiger partial charge in [-0.2, -0.15) is 0 Å². The van der Waals surface area contributed by atoms with Crippen molar-refractivity contribution in [2.45, 2.75) is 37.5 Å². The molecular formula is C12H20N4O2S. The molecule has 2 N–H and O–H groups in total. The molecule has 0 saturated carbocycles. The lowest BCUT2D eigenvalue weighted by molar-refractivity contribution is 0.397. The lowest BCUT2D eigenvalue weighted by Gasteiger charge is -2.24. The fraction of sp³-hybridized carbons (Fsp3) is 0.667. The van der Waals surface area contributed by atoms with Crippen molar-refractivity contribution >= 4 is 10.0 Å². The van der Waals surface area contributed by atoms with Crippen LogP contribution in [0.5, 0.6) is 0 Å². The molecule has 7 heteroatoms. The molecule has 0 spiro atoms. The van der Waals surface area contributed by atoms with Gasteiger partial charge in [-0.05, 0) is 26.3 Å². The minimum Gasteiger partial charge on any atom is -0.313 e. The molecule has 106 valence electrons. The van der Waals surface area contributed by atoms with Crippen LogP contribution in [0.25, 0.3) is 0 Å². The largest absolute Gasteiger partial charge is 0.313 e. The molecule has 0 aromatic carbocycles. The van der Waals surface area contributed by atoms with E-state index in [9.17, 15) is 8.42 Å². The molecule has 1 aromatic heterocycles. The van der Waals surface area contributed by atoms with Gasteiger partial charge in [0.25, 0.3) is 0 Å². The zero-order valence-corrected chi connectivity index (χ0v) is 11.9. The number of sulfonamides is 1. The fourth-order valence-electron chi connectivity index (χ4n) is 2.12. The minimum absolute atomic E-state index is 0.234. The van der Waals surface area contributed by atoms with E-state index in [4.69, 9.17) is 0 Å². The number of nitrogens with one attached hydrogen (secondary N) is 2. The van der Waals surface area contributed by atoms with E-state index in [0.29, 0.717) is 12.2 Å². The highest BCUT2D eigenvalue weighted by Gasteiger charge is 2.25. The number of nitrogens with zero attached hydrogens (tertiary/aromatic N) is 2. The van der Waals surface area contributed by atoms with Crippen LogP contribution >= 0.6 is 0 Å². The molecule has 19 heavy (non-hydrogen) atoms. The number of rotatable bonds is 5. The first-order chi connectivity index (χ1) is 9.09. The Labute approximate surface area is 114 Å². The van der Waals surface area contributed by atoms with Crippen molar-refractivity contribution in [1.29, 1.82) is 0 Å². The number of hydrogen-bond acceptors (Lipinski definition) is 5. The molecule has 0 unspecified atom stereocenters. The molecule has 6 nitrogen and oxygen atoms in total. The van der Waals surface area contributed by atoms with Crippen molar-refractivity contribution in [3.8, 4) is 0 Å². The first-order valence-electron chi connectivity index (χ1n) is 6.57. The van der Waals surface area contributed by atoms with E-state index in [1.807, 2.05) is 0 Å². The predicted octanol–water partition coefficient (Wildman–Crippen LogP) is 0.599. The molecule has 1 saturated heterocycles. The van der Waals surface area contributed by atoms with Crippen molar-refractivity contribution in [2.24, 2.45) is 0 Å². The zero-order valence-electron chi connectivity index (χ0n) is 11.0. The maximum absolute atomic E-state index is 12.2. The highest BCUT2D eigenvalue weighted by molar-refractivity contribution is 7.89. The third-order valence-corrected chi connectivity index (χ3v) is 5.15. The first kappa shape index (κ1) is 14.4. The molecule has 0 bridgehead atoms. The predicted molar refractivity (Wildman–Crippen MR) is 73.0 cm³/mol. The van der Waals surface area contributed by atoms with Gasteiger partial charge in [-0.1, -0.05) is 6.42 Å². The van der Waals surface area contributed by atoms with Gasteiger partial charge in [-0.15, -0.1) is 0 Å². The maximum Gasteiger partial charge on any atom is 0.220 e. The molecule has 2 rings (SSSR count). The van der Waals surface area contributed by atoms with Crippen LogP contribution in [0, 0.1) is 0 Å². The zero-order chi connectivity index (χ0) is 13.7. The van der Waals surface area contributed by atoms with Gasteiger partial charge in [0.1, 0.15) is 5.25 Å². The highest BCUT2D eigenvalue weighted by atomic mass is 32.2. The third kappa shape index (κ3) is 3.95. The van der Waals surface area contributed by atoms with Gasteiger partial charge in [0.05, 0.1) is 5.69 Å². The molecule has 2 heterocycles. The summed E-state index contributed by atoms with van der Waals surface area (Å²) in [6, 6.07) is 0.234. The van der Waals surface area contributed by atoms with E-state index >= 15 is 0 Å². The monoisotopic (exact) mass is 284 g/mol. The second-order valence-electron chi connectivity index (χ2n) is 4.81. The van der Waals surface area contributed by atoms with Crippen molar-refractivity contribution in [1.82, 2.24) is 20.0 Å². The normalized spacial score (nSPS) is 22.1. The Balaban J connectivity index is 1.94. The van der Waals surface area contributed by atoms with Crippen molar-refractivity contribution in [3.05, 3.63) is 24.3 Å². The van der Waals surface area contributed by atoms with Crippen molar-refractivity contribution in [3.63, 3.8) is 0 Å². The molecule has 0 amide bonds. The summed E-state index contributed by atoms with van der Waals surface area (Å²) in [4.78, 5) is 7.94. The Kier molecular flexibility index (Phi) is 4.84. The summed E-state index contributed by atoms with van der Waals surface area (Å²) < 4.78 is 27.0. The lowest BCUT2D eigenvalue weighted by Crippen LogP contribution is -2.44. The van der Waals surface area contributed by atoms with Crippen LogP contribution in [0.1, 0.15) is 37.1 Å². The van der Waals surface area contributed by atoms with Crippen LogP contribution < -0.4 is 10.0 Å². The lowest BCUT2D eigenvalue weighted by atomic mass is 10.1. The Bertz CT molecular complexity index is 486. The van der Waals surface area contributed by atoms with E-state index in [1.54, 1.807) is 6.92 Å². The van der Waals surface area contributed by atoms with Crippen LogP contribution in [0.3, 0.4) is 0 Å². The number of aromatic nitrogens is 2. The highest BCUT2D eigenvalue weighted by Crippen LogP contribution is 2.17. The summed E-state index contributed by atoms with van der Waals surface area (Å²) in [6.07, 6.45) is 7.86. The van der Waals surface area contributed by atoms with E-state index in [1.165, 1.54) is 25.0 Å². The molecule has 2 atom stereocenters. The molecule has 0 aliphatic carbocycles. The molecule has 0 radical (unpaired) electrons. The smallest absolute Gasteiger partial charge is 0.220 e. The minimum atomic E-state index is -3.41. The summed E-state index contributed by atoms with van der Waals surface area (Å²) in [7, 11) is -3.41. The quantitative estimate of drug-likeness (QED) is 0.827. The third-order valence-electron chi connectivity index (χ3n) is 3.41. The Morgan fingerprint density at radius 1 is 1.47 bits per heavy atom. The van der Waals surface area contributed by atoms with Crippen LogP contribution in [0.15, 0.2) is 18.6 Å². The summed E-state index contributed by atoms with van der Waals surface area (Å²) in [5.41, 5.74) is 0.464. The molecule has 1 aromatic rings. The summed E-state index contributed by atoms with van der Waals surface area (Å²) in [6.45, 7) is 3.03. The van der Waals surface area contributed by atoms with E-state index in [-0.39, 0.29) is 6.04 Å². The fourth-order valence-corrected chi connectivity index (χ4v) is 3.24. The second kappa shape index (κ2) is 6.40. The van der Waals surface area contributed by atoms with Gasteiger partial charge in [-0.3, -0.25) is 9.97 Å². The van der Waals surface area contributed by atoms with Gasteiger partial charge >= 0.3 is 0 Å². The Morgan fingerprint density at radius 2 is 2.32 bits per heavy atom. The van der Waals surface area contributed by atoms with E-state index < -0.39 is 15.3 Å². The van der Waals surface area contributed by atoms with Crippen LogP contribution in [0.4, 0.5) is 0 Å². The van der Waals surface area contributed by atoms with Gasteiger partial charge in [-0.25, -0.2) is 13.1 Å². The second-order valence-corrected chi connectivity index (χ2v) is 6.90. The van der Waals surface area contributed by atoms with Gasteiger partial charge < -0.3 is 5.32 Å². The Hall–Kier alpha value is -1.05. The van der Waals surface area contributed by atoms with Crippen LogP contribution in [-0.4, -0.2) is 37.5 Å². The standard InChI is InChI=1S/C12H20N4O2S/c1-10(12-9-13-6-7-15-12)19(17,18)16-8-11-4-2-3-5-14-11/h6-7,9-11,14,16H,2-5,8H2,1H3/t10-,11-/m1/s1. The number of piperidine rings is 1. The van der Waals surface area contributed by atoms with Gasteiger partial charge in [0.15, 0.2) is 0 Å². The summed E-state index contributed by atoms with van der Waals surface area (Å²) >= 11 is 0. The Morgan fingerprint density at radius 3 is 2.95 bits per heavy atom. The van der Waals surface area contributed by atoms with Crippen molar-refractivity contribution < 1.29 is 8.42 Å². The average molecular weight is 284 g/mol. The van der Waals surface area contributed by atoms with Gasteiger partial charge in [0, 0.05) is 31.2 Å². The van der Waals surface area contributed by atoms with Crippen LogP contribution in [0.2, 0.25) is 0 Å².